The minimum atomic E-state index is -1.34. The molecule has 3 atom stereocenters. The van der Waals surface area contributed by atoms with Crippen molar-refractivity contribution in [2.45, 2.75) is 69.2 Å². The van der Waals surface area contributed by atoms with Gasteiger partial charge >= 0.3 is 6.09 Å². The predicted molar refractivity (Wildman–Crippen MR) is 160 cm³/mol. The molecule has 3 aromatic rings. The van der Waals surface area contributed by atoms with Crippen LogP contribution in [0.2, 0.25) is 0 Å². The van der Waals surface area contributed by atoms with Gasteiger partial charge in [-0.05, 0) is 37.0 Å². The lowest BCUT2D eigenvalue weighted by Gasteiger charge is -2.36. The fourth-order valence-electron chi connectivity index (χ4n) is 5.40. The molecule has 1 aliphatic carbocycles. The number of amides is 4. The summed E-state index contributed by atoms with van der Waals surface area (Å²) in [7, 11) is 0. The second kappa shape index (κ2) is 15.1. The number of fused-ring (bicyclic) bond motifs is 1. The predicted octanol–water partition coefficient (Wildman–Crippen LogP) is 2.11. The number of hydrazine groups is 1. The molecule has 1 heterocycles. The fourth-order valence-corrected chi connectivity index (χ4v) is 5.40. The molecule has 12 nitrogen and oxygen atoms in total. The lowest BCUT2D eigenvalue weighted by molar-refractivity contribution is -0.128. The molecule has 0 radical (unpaired) electrons. The molecule has 2 aromatic carbocycles. The zero-order valence-electron chi connectivity index (χ0n) is 23.8. The molecule has 1 saturated carbocycles. The van der Waals surface area contributed by atoms with Crippen LogP contribution >= 0.6 is 0 Å². The number of aliphatic hydroxyl groups excluding tert-OH is 1. The monoisotopic (exact) mass is 590 g/mol. The van der Waals surface area contributed by atoms with E-state index in [0.717, 1.165) is 43.1 Å². The number of hydrogen-bond acceptors (Lipinski definition) is 7. The van der Waals surface area contributed by atoms with Crippen LogP contribution in [0.25, 0.3) is 10.9 Å². The van der Waals surface area contributed by atoms with Crippen molar-refractivity contribution in [3.63, 3.8) is 0 Å². The summed E-state index contributed by atoms with van der Waals surface area (Å²) in [6.07, 6.45) is 1.80. The van der Waals surface area contributed by atoms with Crippen LogP contribution in [0.5, 0.6) is 0 Å². The van der Waals surface area contributed by atoms with Crippen LogP contribution in [0.15, 0.2) is 66.7 Å². The number of aliphatic hydroxyl groups is 1. The second-order valence-electron chi connectivity index (χ2n) is 10.8. The molecule has 4 rings (SSSR count). The maximum atomic E-state index is 13.5. The first kappa shape index (κ1) is 31.4. The Hall–Kier alpha value is -4.55. The number of aromatic nitrogens is 1. The van der Waals surface area contributed by atoms with Gasteiger partial charge in [0, 0.05) is 18.0 Å². The lowest BCUT2D eigenvalue weighted by atomic mass is 9.94. The smallest absolute Gasteiger partial charge is 0.419 e. The van der Waals surface area contributed by atoms with Gasteiger partial charge in [0.15, 0.2) is 0 Å². The van der Waals surface area contributed by atoms with Gasteiger partial charge in [-0.15, -0.1) is 0 Å². The van der Waals surface area contributed by atoms with Gasteiger partial charge in [-0.1, -0.05) is 73.9 Å². The van der Waals surface area contributed by atoms with E-state index in [2.05, 4.69) is 21.0 Å². The van der Waals surface area contributed by atoms with Crippen molar-refractivity contribution in [2.75, 3.05) is 6.54 Å². The van der Waals surface area contributed by atoms with E-state index in [4.69, 9.17) is 5.73 Å². The average molecular weight is 591 g/mol. The van der Waals surface area contributed by atoms with Crippen LogP contribution in [0.1, 0.15) is 54.6 Å². The Morgan fingerprint density at radius 1 is 0.930 bits per heavy atom. The first-order chi connectivity index (χ1) is 20.7. The molecule has 43 heavy (non-hydrogen) atoms. The van der Waals surface area contributed by atoms with Crippen molar-refractivity contribution < 1.29 is 29.4 Å². The first-order valence-electron chi connectivity index (χ1n) is 14.4. The van der Waals surface area contributed by atoms with Gasteiger partial charge in [-0.25, -0.2) is 14.8 Å². The summed E-state index contributed by atoms with van der Waals surface area (Å²) in [4.78, 5) is 54.4. The van der Waals surface area contributed by atoms with E-state index in [-0.39, 0.29) is 24.7 Å². The molecule has 228 valence electrons. The largest absolute Gasteiger partial charge is 0.464 e. The minimum absolute atomic E-state index is 0.0599. The van der Waals surface area contributed by atoms with Gasteiger partial charge in [0.2, 0.25) is 11.8 Å². The molecule has 1 aliphatic rings. The van der Waals surface area contributed by atoms with Crippen molar-refractivity contribution in [1.29, 1.82) is 0 Å². The Balaban J connectivity index is 1.53. The van der Waals surface area contributed by atoms with Gasteiger partial charge in [-0.2, -0.15) is 0 Å². The van der Waals surface area contributed by atoms with Crippen molar-refractivity contribution in [3.05, 3.63) is 78.0 Å². The molecule has 0 unspecified atom stereocenters. The van der Waals surface area contributed by atoms with E-state index < -0.39 is 48.4 Å². The SMILES string of the molecule is NC(=O)C[C@H](NC(=O)c1ccc2ccccc2n1)C(=O)N[C@@H](Cc1ccccc1)[C@@H](O)CN(NC(=O)O)C1CCCCC1. The highest BCUT2D eigenvalue weighted by Gasteiger charge is 2.32. The highest BCUT2D eigenvalue weighted by Crippen LogP contribution is 2.22. The fraction of sp³-hybridized carbons (Fsp3) is 0.387. The summed E-state index contributed by atoms with van der Waals surface area (Å²) in [6.45, 7) is -0.0808. The van der Waals surface area contributed by atoms with E-state index in [9.17, 15) is 29.4 Å². The Kier molecular flexibility index (Phi) is 11.0. The number of nitrogens with one attached hydrogen (secondary N) is 3. The average Bonchev–Trinajstić information content (AvgIpc) is 3.00. The molecule has 0 bridgehead atoms. The van der Waals surface area contributed by atoms with Crippen LogP contribution in [0.4, 0.5) is 4.79 Å². The number of carbonyl (C=O) groups is 4. The zero-order valence-corrected chi connectivity index (χ0v) is 23.8. The summed E-state index contributed by atoms with van der Waals surface area (Å²) in [5, 5.41) is 28.5. The lowest BCUT2D eigenvalue weighted by Crippen LogP contribution is -2.58. The van der Waals surface area contributed by atoms with Crippen LogP contribution in [-0.4, -0.2) is 74.8 Å². The normalized spacial score (nSPS) is 15.8. The molecule has 1 fully saturated rings. The number of benzene rings is 2. The third-order valence-electron chi connectivity index (χ3n) is 7.59. The highest BCUT2D eigenvalue weighted by molar-refractivity contribution is 5.99. The third-order valence-corrected chi connectivity index (χ3v) is 7.59. The Morgan fingerprint density at radius 2 is 1.63 bits per heavy atom. The van der Waals surface area contributed by atoms with Crippen molar-refractivity contribution in [3.8, 4) is 0 Å². The number of para-hydroxylation sites is 1. The molecule has 7 N–H and O–H groups in total. The number of carbonyl (C=O) groups excluding carboxylic acids is 3. The number of nitrogens with zero attached hydrogens (tertiary/aromatic N) is 2. The third kappa shape index (κ3) is 9.22. The molecule has 0 saturated heterocycles. The van der Waals surface area contributed by atoms with E-state index in [1.165, 1.54) is 11.1 Å². The summed E-state index contributed by atoms with van der Waals surface area (Å²) < 4.78 is 0. The Labute approximate surface area is 249 Å². The van der Waals surface area contributed by atoms with Gasteiger partial charge in [-0.3, -0.25) is 19.8 Å². The van der Waals surface area contributed by atoms with Crippen molar-refractivity contribution in [1.82, 2.24) is 26.1 Å². The van der Waals surface area contributed by atoms with E-state index in [0.29, 0.717) is 5.52 Å². The van der Waals surface area contributed by atoms with Crippen LogP contribution in [0, 0.1) is 0 Å². The molecule has 4 amide bonds. The molecule has 1 aromatic heterocycles. The number of primary amides is 1. The summed E-state index contributed by atoms with van der Waals surface area (Å²) in [6, 6.07) is 17.4. The molecular formula is C31H38N6O6. The standard InChI is InChI=1S/C31H38N6O6/c32-28(39)18-26(35-29(40)24-16-15-21-11-7-8-14-23(21)33-24)30(41)34-25(17-20-9-3-1-4-10-20)27(38)19-37(36-31(42)43)22-12-5-2-6-13-22/h1,3-4,7-11,14-16,22,25-27,36,38H,2,5-6,12-13,17-19H2,(H2,32,39)(H,34,41)(H,35,40)(H,42,43)/t25-,26-,27-/m0/s1. The number of pyridine rings is 1. The van der Waals surface area contributed by atoms with Crippen LogP contribution in [-0.2, 0) is 16.0 Å². The van der Waals surface area contributed by atoms with Crippen LogP contribution < -0.4 is 21.8 Å². The topological polar surface area (TPSA) is 187 Å². The molecule has 12 heteroatoms. The molecule has 0 spiro atoms. The van der Waals surface area contributed by atoms with E-state index >= 15 is 0 Å². The maximum Gasteiger partial charge on any atom is 0.419 e. The van der Waals surface area contributed by atoms with Gasteiger partial charge in [0.25, 0.3) is 5.91 Å². The number of rotatable bonds is 13. The van der Waals surface area contributed by atoms with Crippen molar-refractivity contribution >= 4 is 34.7 Å². The van der Waals surface area contributed by atoms with Gasteiger partial charge in [0.1, 0.15) is 11.7 Å². The van der Waals surface area contributed by atoms with E-state index in [1.807, 2.05) is 42.5 Å². The summed E-state index contributed by atoms with van der Waals surface area (Å²) >= 11 is 0. The Morgan fingerprint density at radius 3 is 2.33 bits per heavy atom. The van der Waals surface area contributed by atoms with Gasteiger partial charge < -0.3 is 26.6 Å². The quantitative estimate of drug-likeness (QED) is 0.163. The minimum Gasteiger partial charge on any atom is -0.464 e. The van der Waals surface area contributed by atoms with Crippen molar-refractivity contribution in [2.24, 2.45) is 5.73 Å². The Bertz CT molecular complexity index is 1410. The first-order valence-corrected chi connectivity index (χ1v) is 14.4. The second-order valence-corrected chi connectivity index (χ2v) is 10.8. The molecular weight excluding hydrogens is 552 g/mol. The highest BCUT2D eigenvalue weighted by atomic mass is 16.4. The van der Waals surface area contributed by atoms with Gasteiger partial charge in [0.05, 0.1) is 24.1 Å². The summed E-state index contributed by atoms with van der Waals surface area (Å²) in [5.74, 6) is -2.19. The molecule has 0 aliphatic heterocycles. The maximum absolute atomic E-state index is 13.5. The van der Waals surface area contributed by atoms with Crippen LogP contribution in [0.3, 0.4) is 0 Å². The number of hydrogen-bond donors (Lipinski definition) is 6. The zero-order chi connectivity index (χ0) is 30.8. The summed E-state index contributed by atoms with van der Waals surface area (Å²) in [5.41, 5.74) is 9.30. The number of carboxylic acid groups (broad SMARTS) is 1. The number of nitrogens with two attached hydrogens (primary N) is 1. The van der Waals surface area contributed by atoms with E-state index in [1.54, 1.807) is 18.2 Å².